The molecule has 0 spiro atoms. The van der Waals surface area contributed by atoms with Crippen LogP contribution in [-0.2, 0) is 4.79 Å². The van der Waals surface area contributed by atoms with Crippen LogP contribution in [0.2, 0.25) is 0 Å². The first-order valence-electron chi connectivity index (χ1n) is 7.25. The molecule has 1 aliphatic carbocycles. The van der Waals surface area contributed by atoms with Crippen molar-refractivity contribution < 1.29 is 4.79 Å². The van der Waals surface area contributed by atoms with E-state index in [1.54, 1.807) is 0 Å². The number of carbonyl (C=O) groups is 1. The number of hydrogen-bond donors (Lipinski definition) is 1. The van der Waals surface area contributed by atoms with Crippen molar-refractivity contribution in [2.45, 2.75) is 57.4 Å². The summed E-state index contributed by atoms with van der Waals surface area (Å²) in [6.45, 7) is 2.09. The van der Waals surface area contributed by atoms with Crippen molar-refractivity contribution in [3.8, 4) is 0 Å². The summed E-state index contributed by atoms with van der Waals surface area (Å²) in [5, 5.41) is 3.13. The van der Waals surface area contributed by atoms with E-state index < -0.39 is 0 Å². The Hall–Kier alpha value is -0.570. The molecule has 17 heavy (non-hydrogen) atoms. The van der Waals surface area contributed by atoms with Crippen molar-refractivity contribution >= 4 is 5.91 Å². The molecule has 98 valence electrons. The molecule has 0 aromatic rings. The summed E-state index contributed by atoms with van der Waals surface area (Å²) in [5.41, 5.74) is 0. The van der Waals surface area contributed by atoms with Crippen LogP contribution in [0.3, 0.4) is 0 Å². The van der Waals surface area contributed by atoms with Gasteiger partial charge in [-0.05, 0) is 45.7 Å². The van der Waals surface area contributed by atoms with Crippen LogP contribution in [0, 0.1) is 5.92 Å². The first-order chi connectivity index (χ1) is 8.27. The molecular weight excluding hydrogens is 212 g/mol. The van der Waals surface area contributed by atoms with E-state index in [2.05, 4.69) is 17.3 Å². The Morgan fingerprint density at radius 1 is 1.18 bits per heavy atom. The molecule has 0 radical (unpaired) electrons. The lowest BCUT2D eigenvalue weighted by Gasteiger charge is -2.22. The number of nitrogens with one attached hydrogen (secondary N) is 1. The molecule has 2 aliphatic rings. The maximum Gasteiger partial charge on any atom is 0.223 e. The van der Waals surface area contributed by atoms with Gasteiger partial charge in [0.2, 0.25) is 5.91 Å². The van der Waals surface area contributed by atoms with E-state index in [0.717, 1.165) is 25.8 Å². The molecule has 0 aromatic carbocycles. The van der Waals surface area contributed by atoms with Gasteiger partial charge < -0.3 is 10.2 Å². The Morgan fingerprint density at radius 2 is 1.94 bits per heavy atom. The van der Waals surface area contributed by atoms with Crippen LogP contribution in [0.4, 0.5) is 0 Å². The van der Waals surface area contributed by atoms with Gasteiger partial charge in [-0.3, -0.25) is 4.79 Å². The second-order valence-electron chi connectivity index (χ2n) is 5.69. The molecule has 1 N–H and O–H groups in total. The van der Waals surface area contributed by atoms with Crippen LogP contribution >= 0.6 is 0 Å². The molecule has 1 saturated heterocycles. The summed E-state index contributed by atoms with van der Waals surface area (Å²) < 4.78 is 0. The number of likely N-dealkylation sites (tertiary alicyclic amines) is 1. The second kappa shape index (κ2) is 6.39. The van der Waals surface area contributed by atoms with Gasteiger partial charge in [0.05, 0.1) is 0 Å². The highest BCUT2D eigenvalue weighted by atomic mass is 16.1. The zero-order valence-corrected chi connectivity index (χ0v) is 11.1. The molecule has 2 rings (SSSR count). The van der Waals surface area contributed by atoms with Crippen LogP contribution in [-0.4, -0.2) is 37.0 Å². The molecule has 3 nitrogen and oxygen atoms in total. The van der Waals surface area contributed by atoms with Gasteiger partial charge in [0.15, 0.2) is 0 Å². The number of rotatable bonds is 4. The van der Waals surface area contributed by atoms with E-state index in [4.69, 9.17) is 0 Å². The zero-order valence-electron chi connectivity index (χ0n) is 11.1. The number of carbonyl (C=O) groups excluding carboxylic acids is 1. The summed E-state index contributed by atoms with van der Waals surface area (Å²) in [5.74, 6) is 0.621. The molecule has 2 fully saturated rings. The standard InChI is InChI=1S/C14H26N2O/c1-16-11-5-8-13(16)9-10-15-14(17)12-6-3-2-4-7-12/h12-13H,2-11H2,1H3,(H,15,17). The van der Waals surface area contributed by atoms with Gasteiger partial charge in [-0.2, -0.15) is 0 Å². The van der Waals surface area contributed by atoms with E-state index in [1.165, 1.54) is 38.6 Å². The van der Waals surface area contributed by atoms with Gasteiger partial charge in [0.25, 0.3) is 0 Å². The van der Waals surface area contributed by atoms with Crippen molar-refractivity contribution in [3.05, 3.63) is 0 Å². The largest absolute Gasteiger partial charge is 0.356 e. The average Bonchev–Trinajstić information content (AvgIpc) is 2.76. The fourth-order valence-corrected chi connectivity index (χ4v) is 3.22. The topological polar surface area (TPSA) is 32.3 Å². The van der Waals surface area contributed by atoms with E-state index in [-0.39, 0.29) is 0 Å². The fourth-order valence-electron chi connectivity index (χ4n) is 3.22. The van der Waals surface area contributed by atoms with Crippen molar-refractivity contribution in [2.75, 3.05) is 20.1 Å². The third-order valence-electron chi connectivity index (χ3n) is 4.42. The van der Waals surface area contributed by atoms with Crippen LogP contribution in [0.15, 0.2) is 0 Å². The maximum absolute atomic E-state index is 11.9. The summed E-state index contributed by atoms with van der Waals surface area (Å²) in [6, 6.07) is 0.696. The smallest absolute Gasteiger partial charge is 0.223 e. The predicted molar refractivity (Wildman–Crippen MR) is 69.9 cm³/mol. The van der Waals surface area contributed by atoms with Gasteiger partial charge in [0.1, 0.15) is 0 Å². The van der Waals surface area contributed by atoms with Gasteiger partial charge in [-0.1, -0.05) is 19.3 Å². The van der Waals surface area contributed by atoms with Crippen molar-refractivity contribution in [1.82, 2.24) is 10.2 Å². The Kier molecular flexibility index (Phi) is 4.84. The Bertz CT molecular complexity index is 249. The summed E-state index contributed by atoms with van der Waals surface area (Å²) in [7, 11) is 2.20. The zero-order chi connectivity index (χ0) is 12.1. The van der Waals surface area contributed by atoms with Gasteiger partial charge in [0, 0.05) is 18.5 Å². The van der Waals surface area contributed by atoms with Crippen LogP contribution in [0.25, 0.3) is 0 Å². The first-order valence-corrected chi connectivity index (χ1v) is 7.25. The summed E-state index contributed by atoms with van der Waals surface area (Å²) in [4.78, 5) is 14.4. The second-order valence-corrected chi connectivity index (χ2v) is 5.69. The highest BCUT2D eigenvalue weighted by Gasteiger charge is 2.23. The quantitative estimate of drug-likeness (QED) is 0.814. The molecule has 1 unspecified atom stereocenters. The van der Waals surface area contributed by atoms with E-state index in [9.17, 15) is 4.79 Å². The predicted octanol–water partition coefficient (Wildman–Crippen LogP) is 2.17. The summed E-state index contributed by atoms with van der Waals surface area (Å²) in [6.07, 6.45) is 9.75. The third-order valence-corrected chi connectivity index (χ3v) is 4.42. The fraction of sp³-hybridized carbons (Fsp3) is 0.929. The molecular formula is C14H26N2O. The van der Waals surface area contributed by atoms with Crippen LogP contribution in [0.1, 0.15) is 51.4 Å². The van der Waals surface area contributed by atoms with E-state index in [1.807, 2.05) is 0 Å². The van der Waals surface area contributed by atoms with Crippen LogP contribution in [0.5, 0.6) is 0 Å². The van der Waals surface area contributed by atoms with Gasteiger partial charge >= 0.3 is 0 Å². The molecule has 0 bridgehead atoms. The normalized spacial score (nSPS) is 27.2. The number of nitrogens with zero attached hydrogens (tertiary/aromatic N) is 1. The number of hydrogen-bond acceptors (Lipinski definition) is 2. The third kappa shape index (κ3) is 3.70. The van der Waals surface area contributed by atoms with E-state index in [0.29, 0.717) is 17.9 Å². The summed E-state index contributed by atoms with van der Waals surface area (Å²) >= 11 is 0. The minimum absolute atomic E-state index is 0.310. The SMILES string of the molecule is CN1CCCC1CCNC(=O)C1CCCCC1. The molecule has 1 amide bonds. The first kappa shape index (κ1) is 12.9. The highest BCUT2D eigenvalue weighted by Crippen LogP contribution is 2.23. The molecule has 1 aliphatic heterocycles. The molecule has 1 saturated carbocycles. The maximum atomic E-state index is 11.9. The lowest BCUT2D eigenvalue weighted by atomic mass is 9.88. The Labute approximate surface area is 105 Å². The Balaban J connectivity index is 1.62. The number of amides is 1. The van der Waals surface area contributed by atoms with E-state index >= 15 is 0 Å². The minimum Gasteiger partial charge on any atom is -0.356 e. The monoisotopic (exact) mass is 238 g/mol. The lowest BCUT2D eigenvalue weighted by molar-refractivity contribution is -0.125. The average molecular weight is 238 g/mol. The highest BCUT2D eigenvalue weighted by molar-refractivity contribution is 5.78. The molecule has 0 aromatic heterocycles. The van der Waals surface area contributed by atoms with Crippen LogP contribution < -0.4 is 5.32 Å². The van der Waals surface area contributed by atoms with Gasteiger partial charge in [-0.25, -0.2) is 0 Å². The molecule has 3 heteroatoms. The van der Waals surface area contributed by atoms with Crippen molar-refractivity contribution in [3.63, 3.8) is 0 Å². The van der Waals surface area contributed by atoms with Crippen molar-refractivity contribution in [2.24, 2.45) is 5.92 Å². The van der Waals surface area contributed by atoms with Crippen molar-refractivity contribution in [1.29, 1.82) is 0 Å². The molecule has 1 atom stereocenters. The lowest BCUT2D eigenvalue weighted by Crippen LogP contribution is -2.35. The minimum atomic E-state index is 0.310. The Morgan fingerprint density at radius 3 is 2.59 bits per heavy atom. The molecule has 1 heterocycles. The van der Waals surface area contributed by atoms with Gasteiger partial charge in [-0.15, -0.1) is 0 Å².